The van der Waals surface area contributed by atoms with Gasteiger partial charge in [-0.05, 0) is 43.9 Å². The van der Waals surface area contributed by atoms with Crippen LogP contribution in [0.1, 0.15) is 56.2 Å². The van der Waals surface area contributed by atoms with Crippen molar-refractivity contribution in [3.8, 4) is 5.75 Å². The number of likely N-dealkylation sites (tertiary alicyclic amines) is 1. The van der Waals surface area contributed by atoms with Gasteiger partial charge in [0.25, 0.3) is 0 Å². The Kier molecular flexibility index (Phi) is 5.96. The smallest absolute Gasteiger partial charge is 0.124 e. The molecule has 1 N–H and O–H groups in total. The molecule has 0 spiro atoms. The standard InChI is InChI=1S/C24H30ClNO2/c1-2-28-22-13-6-4-10-19(22)23-20-11-7-8-14-24(20,27)15-16-26(23)17-18-9-3-5-12-21(18)25/h3-6,9-10,12-13,20,23,27H,2,7-8,11,14-17H2,1H3/t20-,23-,24-/m1/s1. The summed E-state index contributed by atoms with van der Waals surface area (Å²) < 4.78 is 5.99. The van der Waals surface area contributed by atoms with Crippen LogP contribution in [0.5, 0.6) is 5.75 Å². The van der Waals surface area contributed by atoms with Crippen molar-refractivity contribution in [1.82, 2.24) is 4.90 Å². The van der Waals surface area contributed by atoms with Gasteiger partial charge in [0, 0.05) is 35.6 Å². The number of nitrogens with zero attached hydrogens (tertiary/aromatic N) is 1. The van der Waals surface area contributed by atoms with Gasteiger partial charge in [0.2, 0.25) is 0 Å². The third kappa shape index (κ3) is 3.80. The van der Waals surface area contributed by atoms with Crippen molar-refractivity contribution in [2.24, 2.45) is 5.92 Å². The van der Waals surface area contributed by atoms with E-state index >= 15 is 0 Å². The maximum absolute atomic E-state index is 11.5. The predicted octanol–water partition coefficient (Wildman–Crippen LogP) is 5.61. The van der Waals surface area contributed by atoms with Crippen LogP contribution in [0.25, 0.3) is 0 Å². The number of fused-ring (bicyclic) bond motifs is 1. The molecule has 28 heavy (non-hydrogen) atoms. The van der Waals surface area contributed by atoms with Gasteiger partial charge in [-0.3, -0.25) is 4.90 Å². The Morgan fingerprint density at radius 1 is 1.11 bits per heavy atom. The molecule has 2 fully saturated rings. The summed E-state index contributed by atoms with van der Waals surface area (Å²) in [5, 5.41) is 12.3. The number of halogens is 1. The third-order valence-corrected chi connectivity index (χ3v) is 6.91. The minimum Gasteiger partial charge on any atom is -0.494 e. The summed E-state index contributed by atoms with van der Waals surface area (Å²) in [4.78, 5) is 2.50. The molecular formula is C24H30ClNO2. The molecule has 2 aliphatic rings. The molecule has 0 bridgehead atoms. The van der Waals surface area contributed by atoms with E-state index in [1.807, 2.05) is 31.2 Å². The van der Waals surface area contributed by atoms with Crippen LogP contribution in [0.4, 0.5) is 0 Å². The molecule has 3 nitrogen and oxygen atoms in total. The molecule has 150 valence electrons. The van der Waals surface area contributed by atoms with Crippen LogP contribution in [-0.2, 0) is 6.54 Å². The van der Waals surface area contributed by atoms with E-state index in [0.29, 0.717) is 6.61 Å². The fourth-order valence-electron chi connectivity index (χ4n) is 5.19. The largest absolute Gasteiger partial charge is 0.494 e. The summed E-state index contributed by atoms with van der Waals surface area (Å²) in [7, 11) is 0. The van der Waals surface area contributed by atoms with Crippen molar-refractivity contribution in [3.63, 3.8) is 0 Å². The van der Waals surface area contributed by atoms with Crippen molar-refractivity contribution in [1.29, 1.82) is 0 Å². The minimum atomic E-state index is -0.570. The van der Waals surface area contributed by atoms with Gasteiger partial charge in [0.05, 0.1) is 12.2 Å². The Hall–Kier alpha value is -1.55. The van der Waals surface area contributed by atoms with Crippen molar-refractivity contribution in [3.05, 3.63) is 64.7 Å². The summed E-state index contributed by atoms with van der Waals surface area (Å²) in [6, 6.07) is 16.6. The Bertz CT molecular complexity index is 811. The third-order valence-electron chi connectivity index (χ3n) is 6.54. The molecule has 0 unspecified atom stereocenters. The minimum absolute atomic E-state index is 0.137. The molecule has 0 radical (unpaired) electrons. The highest BCUT2D eigenvalue weighted by Gasteiger charge is 2.49. The van der Waals surface area contributed by atoms with E-state index < -0.39 is 5.60 Å². The molecule has 1 aliphatic carbocycles. The van der Waals surface area contributed by atoms with E-state index in [0.717, 1.165) is 55.1 Å². The summed E-state index contributed by atoms with van der Waals surface area (Å²) in [5.41, 5.74) is 1.77. The number of rotatable bonds is 5. The molecule has 3 atom stereocenters. The molecule has 0 amide bonds. The molecule has 2 aromatic carbocycles. The summed E-state index contributed by atoms with van der Waals surface area (Å²) in [6.07, 6.45) is 5.10. The number of hydrogen-bond acceptors (Lipinski definition) is 3. The first kappa shape index (κ1) is 19.8. The number of benzene rings is 2. The van der Waals surface area contributed by atoms with Gasteiger partial charge in [-0.15, -0.1) is 0 Å². The quantitative estimate of drug-likeness (QED) is 0.709. The number of ether oxygens (including phenoxy) is 1. The Balaban J connectivity index is 1.74. The van der Waals surface area contributed by atoms with Crippen molar-refractivity contribution < 1.29 is 9.84 Å². The van der Waals surface area contributed by atoms with E-state index in [9.17, 15) is 5.11 Å². The highest BCUT2D eigenvalue weighted by molar-refractivity contribution is 6.31. The van der Waals surface area contributed by atoms with Gasteiger partial charge in [0.1, 0.15) is 5.75 Å². The number of piperidine rings is 1. The van der Waals surface area contributed by atoms with E-state index in [1.165, 1.54) is 12.0 Å². The number of hydrogen-bond donors (Lipinski definition) is 1. The van der Waals surface area contributed by atoms with Gasteiger partial charge >= 0.3 is 0 Å². The van der Waals surface area contributed by atoms with Crippen LogP contribution in [0.3, 0.4) is 0 Å². The van der Waals surface area contributed by atoms with E-state index in [1.54, 1.807) is 0 Å². The maximum Gasteiger partial charge on any atom is 0.124 e. The summed E-state index contributed by atoms with van der Waals surface area (Å²) in [6.45, 7) is 4.32. The van der Waals surface area contributed by atoms with Crippen LogP contribution < -0.4 is 4.74 Å². The summed E-state index contributed by atoms with van der Waals surface area (Å²) >= 11 is 6.48. The van der Waals surface area contributed by atoms with Crippen molar-refractivity contribution in [2.45, 2.75) is 57.2 Å². The SMILES string of the molecule is CCOc1ccccc1[C@@H]1[C@H]2CCCC[C@@]2(O)CCN1Cc1ccccc1Cl. The molecule has 1 heterocycles. The van der Waals surface area contributed by atoms with Crippen LogP contribution in [-0.4, -0.2) is 28.8 Å². The zero-order valence-electron chi connectivity index (χ0n) is 16.6. The molecule has 4 heteroatoms. The number of aliphatic hydroxyl groups is 1. The second kappa shape index (κ2) is 8.44. The molecule has 0 aromatic heterocycles. The zero-order chi connectivity index (χ0) is 19.6. The fourth-order valence-corrected chi connectivity index (χ4v) is 5.39. The Labute approximate surface area is 173 Å². The van der Waals surface area contributed by atoms with Gasteiger partial charge in [0.15, 0.2) is 0 Å². The van der Waals surface area contributed by atoms with Gasteiger partial charge < -0.3 is 9.84 Å². The van der Waals surface area contributed by atoms with Gasteiger partial charge in [-0.25, -0.2) is 0 Å². The Morgan fingerprint density at radius 2 is 1.89 bits per heavy atom. The molecule has 1 saturated heterocycles. The second-order valence-corrected chi connectivity index (χ2v) is 8.59. The van der Waals surface area contributed by atoms with Gasteiger partial charge in [-0.1, -0.05) is 60.8 Å². The lowest BCUT2D eigenvalue weighted by Gasteiger charge is -2.53. The molecule has 4 rings (SSSR count). The summed E-state index contributed by atoms with van der Waals surface area (Å²) in [5.74, 6) is 1.16. The van der Waals surface area contributed by atoms with Crippen molar-refractivity contribution >= 4 is 11.6 Å². The van der Waals surface area contributed by atoms with Crippen LogP contribution in [0, 0.1) is 5.92 Å². The van der Waals surface area contributed by atoms with Crippen molar-refractivity contribution in [2.75, 3.05) is 13.2 Å². The van der Waals surface area contributed by atoms with Crippen LogP contribution >= 0.6 is 11.6 Å². The lowest BCUT2D eigenvalue weighted by atomic mass is 9.66. The lowest BCUT2D eigenvalue weighted by molar-refractivity contribution is -0.126. The first-order valence-corrected chi connectivity index (χ1v) is 10.9. The number of para-hydroxylation sites is 1. The highest BCUT2D eigenvalue weighted by Crippen LogP contribution is 2.51. The molecule has 1 saturated carbocycles. The Morgan fingerprint density at radius 3 is 2.71 bits per heavy atom. The monoisotopic (exact) mass is 399 g/mol. The molecular weight excluding hydrogens is 370 g/mol. The zero-order valence-corrected chi connectivity index (χ0v) is 17.4. The van der Waals surface area contributed by atoms with E-state index in [-0.39, 0.29) is 12.0 Å². The normalized spacial score (nSPS) is 28.0. The van der Waals surface area contributed by atoms with E-state index in [2.05, 4.69) is 29.2 Å². The van der Waals surface area contributed by atoms with Crippen LogP contribution in [0.15, 0.2) is 48.5 Å². The first-order valence-electron chi connectivity index (χ1n) is 10.5. The highest BCUT2D eigenvalue weighted by atomic mass is 35.5. The maximum atomic E-state index is 11.5. The second-order valence-electron chi connectivity index (χ2n) is 8.18. The lowest BCUT2D eigenvalue weighted by Crippen LogP contribution is -2.54. The molecule has 1 aliphatic heterocycles. The van der Waals surface area contributed by atoms with Gasteiger partial charge in [-0.2, -0.15) is 0 Å². The fraction of sp³-hybridized carbons (Fsp3) is 0.500. The first-order chi connectivity index (χ1) is 13.6. The van der Waals surface area contributed by atoms with E-state index in [4.69, 9.17) is 16.3 Å². The predicted molar refractivity (Wildman–Crippen MR) is 114 cm³/mol. The average Bonchev–Trinajstić information content (AvgIpc) is 2.70. The average molecular weight is 400 g/mol. The van der Waals surface area contributed by atoms with Crippen LogP contribution in [0.2, 0.25) is 5.02 Å². The molecule has 2 aromatic rings. The topological polar surface area (TPSA) is 32.7 Å².